The fraction of sp³-hybridized carbons (Fsp3) is 0.0833. The lowest BCUT2D eigenvalue weighted by molar-refractivity contribution is -0.117. The van der Waals surface area contributed by atoms with Gasteiger partial charge in [0.05, 0.1) is 22.4 Å². The average Bonchev–Trinajstić information content (AvgIpc) is 3.23. The van der Waals surface area contributed by atoms with Crippen LogP contribution in [0.1, 0.15) is 5.56 Å². The summed E-state index contributed by atoms with van der Waals surface area (Å²) < 4.78 is 27.4. The molecule has 0 spiro atoms. The second kappa shape index (κ2) is 9.44. The molecule has 0 unspecified atom stereocenters. The van der Waals surface area contributed by atoms with Gasteiger partial charge in [-0.1, -0.05) is 72.0 Å². The second-order valence-electron chi connectivity index (χ2n) is 7.04. The monoisotopic (exact) mass is 463 g/mol. The van der Waals surface area contributed by atoms with E-state index >= 15 is 0 Å². The van der Waals surface area contributed by atoms with Crippen molar-refractivity contribution >= 4 is 54.4 Å². The average molecular weight is 464 g/mol. The van der Waals surface area contributed by atoms with E-state index < -0.39 is 15.9 Å². The molecule has 4 rings (SSSR count). The van der Waals surface area contributed by atoms with E-state index in [-0.39, 0.29) is 6.54 Å². The van der Waals surface area contributed by atoms with Gasteiger partial charge in [0.25, 0.3) is 0 Å². The third-order valence-corrected chi connectivity index (χ3v) is 7.26. The molecule has 1 amide bonds. The Bertz CT molecular complexity index is 1320. The minimum Gasteiger partial charge on any atom is -0.272 e. The first-order valence-electron chi connectivity index (χ1n) is 9.87. The summed E-state index contributed by atoms with van der Waals surface area (Å²) in [6.45, 7) is -0.327. The number of carbonyl (C=O) groups is 1. The molecule has 32 heavy (non-hydrogen) atoms. The highest BCUT2D eigenvalue weighted by Gasteiger charge is 2.26. The summed E-state index contributed by atoms with van der Waals surface area (Å²) >= 11 is 1.38. The van der Waals surface area contributed by atoms with Gasteiger partial charge in [-0.15, -0.1) is 0 Å². The fourth-order valence-corrected chi connectivity index (χ4v) is 4.91. The molecule has 0 radical (unpaired) electrons. The highest BCUT2D eigenvalue weighted by molar-refractivity contribution is 7.92. The number of benzene rings is 3. The van der Waals surface area contributed by atoms with Crippen molar-refractivity contribution in [1.82, 2.24) is 9.29 Å². The number of sulfonamides is 1. The summed E-state index contributed by atoms with van der Waals surface area (Å²) in [5.74, 6) is -0.394. The van der Waals surface area contributed by atoms with Crippen molar-refractivity contribution in [2.75, 3.05) is 18.5 Å². The number of aromatic nitrogens is 1. The molecule has 3 aromatic carbocycles. The summed E-state index contributed by atoms with van der Waals surface area (Å²) in [5, 5.41) is 1.60. The molecule has 8 heteroatoms. The number of thiazole rings is 1. The van der Waals surface area contributed by atoms with Gasteiger partial charge in [-0.25, -0.2) is 13.4 Å². The molecule has 1 heterocycles. The topological polar surface area (TPSA) is 70.6 Å². The van der Waals surface area contributed by atoms with Gasteiger partial charge < -0.3 is 0 Å². The molecule has 0 saturated heterocycles. The first-order valence-corrected chi connectivity index (χ1v) is 12.2. The van der Waals surface area contributed by atoms with Crippen LogP contribution in [0.2, 0.25) is 0 Å². The predicted octanol–water partition coefficient (Wildman–Crippen LogP) is 4.89. The summed E-state index contributed by atoms with van der Waals surface area (Å²) in [6.07, 6.45) is 1.51. The first-order chi connectivity index (χ1) is 15.4. The summed E-state index contributed by atoms with van der Waals surface area (Å²) in [6, 6.07) is 25.9. The van der Waals surface area contributed by atoms with Crippen molar-refractivity contribution in [1.29, 1.82) is 0 Å². The van der Waals surface area contributed by atoms with Crippen LogP contribution >= 0.6 is 11.3 Å². The molecule has 0 atom stereocenters. The Hall–Kier alpha value is -3.33. The molecule has 1 aromatic heterocycles. The Morgan fingerprint density at radius 1 is 0.938 bits per heavy atom. The van der Waals surface area contributed by atoms with E-state index in [0.717, 1.165) is 25.5 Å². The SMILES string of the molecule is CN(CC(=O)N(c1ccccc1)c1nc2ccccc2s1)S(=O)(=O)C=Cc1ccccc1. The number of anilines is 2. The quantitative estimate of drug-likeness (QED) is 0.391. The predicted molar refractivity (Wildman–Crippen MR) is 130 cm³/mol. The van der Waals surface area contributed by atoms with Gasteiger partial charge in [-0.2, -0.15) is 4.31 Å². The van der Waals surface area contributed by atoms with Crippen LogP contribution in [-0.2, 0) is 14.8 Å². The van der Waals surface area contributed by atoms with Gasteiger partial charge in [0, 0.05) is 12.5 Å². The standard InChI is InChI=1S/C24H21N3O3S2/c1-26(32(29,30)17-16-19-10-4-2-5-11-19)18-23(28)27(20-12-6-3-7-13-20)24-25-21-14-8-9-15-22(21)31-24/h2-17H,18H2,1H3. The van der Waals surface area contributed by atoms with E-state index in [2.05, 4.69) is 4.98 Å². The van der Waals surface area contributed by atoms with Crippen LogP contribution in [0.3, 0.4) is 0 Å². The molecule has 0 aliphatic carbocycles. The number of amides is 1. The van der Waals surface area contributed by atoms with Gasteiger partial charge in [-0.05, 0) is 35.9 Å². The smallest absolute Gasteiger partial charge is 0.248 e. The molecular formula is C24H21N3O3S2. The lowest BCUT2D eigenvalue weighted by atomic mass is 10.2. The minimum atomic E-state index is -3.79. The van der Waals surface area contributed by atoms with E-state index in [1.807, 2.05) is 60.7 Å². The molecular weight excluding hydrogens is 442 g/mol. The van der Waals surface area contributed by atoms with Gasteiger partial charge in [0.1, 0.15) is 0 Å². The molecule has 0 saturated carbocycles. The Morgan fingerprint density at radius 2 is 1.56 bits per heavy atom. The van der Waals surface area contributed by atoms with Crippen LogP contribution in [0.15, 0.2) is 90.3 Å². The van der Waals surface area contributed by atoms with Crippen molar-refractivity contribution in [2.45, 2.75) is 0 Å². The lowest BCUT2D eigenvalue weighted by Crippen LogP contribution is -2.38. The molecule has 0 aliphatic heterocycles. The number of para-hydroxylation sites is 2. The maximum Gasteiger partial charge on any atom is 0.248 e. The number of hydrogen-bond donors (Lipinski definition) is 0. The third-order valence-electron chi connectivity index (χ3n) is 4.76. The Balaban J connectivity index is 1.60. The van der Waals surface area contributed by atoms with Crippen LogP contribution in [0, 0.1) is 0 Å². The maximum atomic E-state index is 13.3. The van der Waals surface area contributed by atoms with Crippen molar-refractivity contribution < 1.29 is 13.2 Å². The summed E-state index contributed by atoms with van der Waals surface area (Å²) in [5.41, 5.74) is 2.17. The number of nitrogens with zero attached hydrogens (tertiary/aromatic N) is 3. The molecule has 0 N–H and O–H groups in total. The van der Waals surface area contributed by atoms with Crippen LogP contribution in [0.4, 0.5) is 10.8 Å². The highest BCUT2D eigenvalue weighted by atomic mass is 32.2. The van der Waals surface area contributed by atoms with Gasteiger partial charge >= 0.3 is 0 Å². The number of rotatable bonds is 7. The Kier molecular flexibility index (Phi) is 6.45. The largest absolute Gasteiger partial charge is 0.272 e. The Labute approximate surface area is 191 Å². The molecule has 0 bridgehead atoms. The number of hydrogen-bond acceptors (Lipinski definition) is 5. The zero-order chi connectivity index (χ0) is 22.6. The second-order valence-corrected chi connectivity index (χ2v) is 9.98. The van der Waals surface area contributed by atoms with Crippen LogP contribution < -0.4 is 4.90 Å². The molecule has 4 aromatic rings. The van der Waals surface area contributed by atoms with Crippen LogP contribution in [-0.4, -0.2) is 37.2 Å². The van der Waals surface area contributed by atoms with Gasteiger partial charge in [-0.3, -0.25) is 9.69 Å². The van der Waals surface area contributed by atoms with Crippen molar-refractivity contribution in [3.63, 3.8) is 0 Å². The summed E-state index contributed by atoms with van der Waals surface area (Å²) in [4.78, 5) is 19.4. The van der Waals surface area contributed by atoms with E-state index in [1.165, 1.54) is 29.4 Å². The van der Waals surface area contributed by atoms with Crippen molar-refractivity contribution in [2.24, 2.45) is 0 Å². The number of carbonyl (C=O) groups excluding carboxylic acids is 1. The van der Waals surface area contributed by atoms with Crippen LogP contribution in [0.25, 0.3) is 16.3 Å². The van der Waals surface area contributed by atoms with Crippen LogP contribution in [0.5, 0.6) is 0 Å². The van der Waals surface area contributed by atoms with E-state index in [4.69, 9.17) is 0 Å². The molecule has 0 aliphatic rings. The van der Waals surface area contributed by atoms with Gasteiger partial charge in [0.2, 0.25) is 15.9 Å². The van der Waals surface area contributed by atoms with Crippen molar-refractivity contribution in [3.05, 3.63) is 95.9 Å². The normalized spacial score (nSPS) is 11.9. The maximum absolute atomic E-state index is 13.3. The number of fused-ring (bicyclic) bond motifs is 1. The molecule has 0 fully saturated rings. The van der Waals surface area contributed by atoms with E-state index in [0.29, 0.717) is 10.8 Å². The zero-order valence-electron chi connectivity index (χ0n) is 17.3. The first kappa shape index (κ1) is 21.9. The lowest BCUT2D eigenvalue weighted by Gasteiger charge is -2.22. The molecule has 162 valence electrons. The highest BCUT2D eigenvalue weighted by Crippen LogP contribution is 2.33. The van der Waals surface area contributed by atoms with Gasteiger partial charge in [0.15, 0.2) is 5.13 Å². The minimum absolute atomic E-state index is 0.327. The fourth-order valence-electron chi connectivity index (χ4n) is 3.08. The third kappa shape index (κ3) is 4.94. The Morgan fingerprint density at radius 3 is 2.25 bits per heavy atom. The molecule has 6 nitrogen and oxygen atoms in total. The zero-order valence-corrected chi connectivity index (χ0v) is 19.0. The number of likely N-dealkylation sites (N-methyl/N-ethyl adjacent to an activating group) is 1. The van der Waals surface area contributed by atoms with Crippen molar-refractivity contribution in [3.8, 4) is 0 Å². The van der Waals surface area contributed by atoms with E-state index in [9.17, 15) is 13.2 Å². The summed E-state index contributed by atoms with van der Waals surface area (Å²) in [7, 11) is -2.39. The van der Waals surface area contributed by atoms with E-state index in [1.54, 1.807) is 24.3 Å².